The summed E-state index contributed by atoms with van der Waals surface area (Å²) in [5, 5.41) is 0. The lowest BCUT2D eigenvalue weighted by molar-refractivity contribution is 0.101. The van der Waals surface area contributed by atoms with Crippen molar-refractivity contribution in [2.45, 2.75) is 32.6 Å². The molecule has 0 atom stereocenters. The van der Waals surface area contributed by atoms with Gasteiger partial charge in [0.15, 0.2) is 0 Å². The van der Waals surface area contributed by atoms with Gasteiger partial charge in [0.05, 0.1) is 22.4 Å². The first kappa shape index (κ1) is 23.7. The van der Waals surface area contributed by atoms with Crippen molar-refractivity contribution >= 4 is 43.2 Å². The third-order valence-corrected chi connectivity index (χ3v) is 8.64. The van der Waals surface area contributed by atoms with Crippen molar-refractivity contribution in [3.63, 3.8) is 0 Å². The van der Waals surface area contributed by atoms with E-state index in [0.29, 0.717) is 27.2 Å². The van der Waals surface area contributed by atoms with Gasteiger partial charge in [-0.25, -0.2) is 13.2 Å². The van der Waals surface area contributed by atoms with Crippen molar-refractivity contribution < 1.29 is 22.4 Å². The Kier molecular flexibility index (Phi) is 6.09. The Morgan fingerprint density at radius 3 is 2.15 bits per heavy atom. The maximum atomic E-state index is 14.2. The van der Waals surface area contributed by atoms with Crippen molar-refractivity contribution in [3.05, 3.63) is 86.1 Å². The van der Waals surface area contributed by atoms with E-state index in [1.54, 1.807) is 26.0 Å². The van der Waals surface area contributed by atoms with E-state index in [1.807, 2.05) is 19.9 Å². The number of fused-ring (bicyclic) bond motifs is 1. The van der Waals surface area contributed by atoms with Gasteiger partial charge in [0.25, 0.3) is 15.9 Å². The summed E-state index contributed by atoms with van der Waals surface area (Å²) in [6, 6.07) is 12.6. The summed E-state index contributed by atoms with van der Waals surface area (Å²) in [5.41, 5.74) is 3.37. The molecule has 3 aromatic carbocycles. The van der Waals surface area contributed by atoms with E-state index in [9.17, 15) is 18.0 Å². The SMILES string of the molecule is COc1ccc(C(=O)N(c2ccc3oc(=O)sc3c2)S(=O)(=O)c2c(C)c(C)cc(C)c2C)cc1. The monoisotopic (exact) mass is 497 g/mol. The first-order chi connectivity index (χ1) is 16.0. The van der Waals surface area contributed by atoms with Gasteiger partial charge in [-0.1, -0.05) is 17.4 Å². The van der Waals surface area contributed by atoms with E-state index < -0.39 is 20.9 Å². The largest absolute Gasteiger partial charge is 0.497 e. The number of carbonyl (C=O) groups is 1. The standard InChI is InChI=1S/C25H23NO6S2/c1-14-12-15(2)17(4)23(16(14)3)34(29,30)26(24(27)18-6-9-20(31-5)10-7-18)19-8-11-21-22(13-19)33-25(28)32-21/h6-13H,1-5H3. The number of benzene rings is 3. The van der Waals surface area contributed by atoms with Crippen molar-refractivity contribution in [1.29, 1.82) is 0 Å². The number of sulfonamides is 1. The van der Waals surface area contributed by atoms with E-state index in [1.165, 1.54) is 37.4 Å². The molecule has 0 radical (unpaired) electrons. The fraction of sp³-hybridized carbons (Fsp3) is 0.200. The maximum Gasteiger partial charge on any atom is 0.396 e. The average Bonchev–Trinajstić information content (AvgIpc) is 3.17. The van der Waals surface area contributed by atoms with Gasteiger partial charge < -0.3 is 9.15 Å². The molecule has 0 spiro atoms. The highest BCUT2D eigenvalue weighted by molar-refractivity contribution is 7.93. The van der Waals surface area contributed by atoms with Crippen LogP contribution in [0.5, 0.6) is 5.75 Å². The number of ether oxygens (including phenoxy) is 1. The second-order valence-electron chi connectivity index (χ2n) is 7.98. The van der Waals surface area contributed by atoms with Gasteiger partial charge in [-0.2, -0.15) is 4.31 Å². The molecule has 7 nitrogen and oxygen atoms in total. The van der Waals surface area contributed by atoms with Crippen LogP contribution in [0.2, 0.25) is 0 Å². The zero-order valence-electron chi connectivity index (χ0n) is 19.3. The van der Waals surface area contributed by atoms with Gasteiger partial charge in [-0.3, -0.25) is 4.79 Å². The van der Waals surface area contributed by atoms with E-state index in [4.69, 9.17) is 9.15 Å². The summed E-state index contributed by atoms with van der Waals surface area (Å²) in [4.78, 5) is 25.0. The highest BCUT2D eigenvalue weighted by atomic mass is 32.2. The second-order valence-corrected chi connectivity index (χ2v) is 10.7. The number of hydrogen-bond donors (Lipinski definition) is 0. The molecule has 0 aliphatic carbocycles. The van der Waals surface area contributed by atoms with Crippen LogP contribution in [0.25, 0.3) is 10.3 Å². The first-order valence-corrected chi connectivity index (χ1v) is 12.6. The van der Waals surface area contributed by atoms with Crippen LogP contribution in [0.4, 0.5) is 5.69 Å². The van der Waals surface area contributed by atoms with E-state index >= 15 is 0 Å². The fourth-order valence-electron chi connectivity index (χ4n) is 3.86. The summed E-state index contributed by atoms with van der Waals surface area (Å²) in [5.74, 6) is -0.188. The molecule has 0 bridgehead atoms. The Balaban J connectivity index is 1.98. The molecule has 0 saturated heterocycles. The Bertz CT molecular complexity index is 1550. The van der Waals surface area contributed by atoms with Crippen molar-refractivity contribution in [2.75, 3.05) is 11.4 Å². The average molecular weight is 498 g/mol. The van der Waals surface area contributed by atoms with Gasteiger partial charge in [0, 0.05) is 5.56 Å². The van der Waals surface area contributed by atoms with Crippen LogP contribution in [0.1, 0.15) is 32.6 Å². The summed E-state index contributed by atoms with van der Waals surface area (Å²) in [7, 11) is -2.83. The summed E-state index contributed by atoms with van der Waals surface area (Å²) >= 11 is 0.842. The third-order valence-electron chi connectivity index (χ3n) is 5.87. The molecule has 0 aliphatic rings. The van der Waals surface area contributed by atoms with Crippen LogP contribution in [0.15, 0.2) is 62.6 Å². The number of hydrogen-bond acceptors (Lipinski definition) is 7. The number of carbonyl (C=O) groups excluding carboxylic acids is 1. The summed E-state index contributed by atoms with van der Waals surface area (Å²) in [6.07, 6.45) is 0. The normalized spacial score (nSPS) is 11.6. The smallest absolute Gasteiger partial charge is 0.396 e. The quantitative estimate of drug-likeness (QED) is 0.379. The van der Waals surface area contributed by atoms with Gasteiger partial charge in [0.2, 0.25) is 0 Å². The van der Waals surface area contributed by atoms with Crippen molar-refractivity contribution in [2.24, 2.45) is 0 Å². The van der Waals surface area contributed by atoms with Crippen LogP contribution in [0.3, 0.4) is 0 Å². The number of amides is 1. The molecule has 176 valence electrons. The molecule has 4 aromatic rings. The molecule has 0 aliphatic heterocycles. The molecule has 0 unspecified atom stereocenters. The highest BCUT2D eigenvalue weighted by Crippen LogP contribution is 2.34. The molecule has 9 heteroatoms. The minimum Gasteiger partial charge on any atom is -0.497 e. The van der Waals surface area contributed by atoms with Gasteiger partial charge in [-0.15, -0.1) is 0 Å². The number of nitrogens with zero attached hydrogens (tertiary/aromatic N) is 1. The predicted molar refractivity (Wildman–Crippen MR) is 133 cm³/mol. The zero-order chi connectivity index (χ0) is 24.8. The zero-order valence-corrected chi connectivity index (χ0v) is 21.0. The van der Waals surface area contributed by atoms with Crippen LogP contribution in [-0.2, 0) is 10.0 Å². The Morgan fingerprint density at radius 1 is 0.941 bits per heavy atom. The molecule has 1 heterocycles. The summed E-state index contributed by atoms with van der Waals surface area (Å²) in [6.45, 7) is 7.14. The van der Waals surface area contributed by atoms with Crippen molar-refractivity contribution in [1.82, 2.24) is 0 Å². The molecule has 0 fully saturated rings. The minimum atomic E-state index is -4.34. The lowest BCUT2D eigenvalue weighted by Gasteiger charge is -2.26. The minimum absolute atomic E-state index is 0.0901. The number of anilines is 1. The Labute approximate surface area is 201 Å². The van der Waals surface area contributed by atoms with Gasteiger partial charge >= 0.3 is 4.94 Å². The number of rotatable bonds is 5. The molecule has 1 amide bonds. The van der Waals surface area contributed by atoms with Crippen LogP contribution >= 0.6 is 11.3 Å². The number of methoxy groups -OCH3 is 1. The maximum absolute atomic E-state index is 14.2. The molecule has 0 N–H and O–H groups in total. The molecule has 34 heavy (non-hydrogen) atoms. The van der Waals surface area contributed by atoms with Crippen LogP contribution in [0, 0.1) is 27.7 Å². The fourth-order valence-corrected chi connectivity index (χ4v) is 6.56. The lowest BCUT2D eigenvalue weighted by Crippen LogP contribution is -2.38. The van der Waals surface area contributed by atoms with Gasteiger partial charge in [-0.05, 0) is 92.4 Å². The van der Waals surface area contributed by atoms with E-state index in [2.05, 4.69) is 0 Å². The van der Waals surface area contributed by atoms with E-state index in [-0.39, 0.29) is 16.1 Å². The number of aryl methyl sites for hydroxylation is 2. The van der Waals surface area contributed by atoms with Crippen LogP contribution in [-0.4, -0.2) is 21.4 Å². The molecule has 0 saturated carbocycles. The molecule has 4 rings (SSSR count). The lowest BCUT2D eigenvalue weighted by atomic mass is 10.0. The summed E-state index contributed by atoms with van der Waals surface area (Å²) < 4.78 is 39.8. The Morgan fingerprint density at radius 2 is 1.56 bits per heavy atom. The Hall–Kier alpha value is -3.43. The van der Waals surface area contributed by atoms with E-state index in [0.717, 1.165) is 26.8 Å². The third kappa shape index (κ3) is 4.01. The first-order valence-electron chi connectivity index (χ1n) is 10.4. The second kappa shape index (κ2) is 8.73. The van der Waals surface area contributed by atoms with Gasteiger partial charge in [0.1, 0.15) is 11.3 Å². The molecular formula is C25H23NO6S2. The van der Waals surface area contributed by atoms with Crippen LogP contribution < -0.4 is 14.0 Å². The predicted octanol–water partition coefficient (Wildman–Crippen LogP) is 5.13. The topological polar surface area (TPSA) is 93.9 Å². The highest BCUT2D eigenvalue weighted by Gasteiger charge is 2.35. The molecular weight excluding hydrogens is 474 g/mol. The molecule has 1 aromatic heterocycles. The van der Waals surface area contributed by atoms with Crippen molar-refractivity contribution in [3.8, 4) is 5.75 Å².